The zero-order valence-electron chi connectivity index (χ0n) is 15.7. The smallest absolute Gasteiger partial charge is 0.265 e. The molecule has 0 aliphatic rings. The van der Waals surface area contributed by atoms with Crippen molar-refractivity contribution in [2.24, 2.45) is 0 Å². The Morgan fingerprint density at radius 2 is 1.75 bits per heavy atom. The van der Waals surface area contributed by atoms with E-state index in [9.17, 15) is 9.59 Å². The van der Waals surface area contributed by atoms with Gasteiger partial charge < -0.3 is 20.1 Å². The summed E-state index contributed by atoms with van der Waals surface area (Å²) in [6.45, 7) is 1.88. The second kappa shape index (κ2) is 8.58. The van der Waals surface area contributed by atoms with E-state index in [2.05, 4.69) is 10.6 Å². The Balaban J connectivity index is 1.79. The summed E-state index contributed by atoms with van der Waals surface area (Å²) >= 11 is 1.36. The van der Waals surface area contributed by atoms with Gasteiger partial charge in [-0.3, -0.25) is 9.59 Å². The molecule has 28 heavy (non-hydrogen) atoms. The Morgan fingerprint density at radius 1 is 0.929 bits per heavy atom. The zero-order chi connectivity index (χ0) is 20.1. The number of amides is 2. The van der Waals surface area contributed by atoms with E-state index >= 15 is 0 Å². The first-order valence-corrected chi connectivity index (χ1v) is 9.39. The largest absolute Gasteiger partial charge is 0.496 e. The predicted molar refractivity (Wildman–Crippen MR) is 111 cm³/mol. The first kappa shape index (κ1) is 19.4. The van der Waals surface area contributed by atoms with Gasteiger partial charge in [0.05, 0.1) is 30.3 Å². The van der Waals surface area contributed by atoms with E-state index in [0.29, 0.717) is 33.3 Å². The number of rotatable bonds is 6. The number of methoxy groups -OCH3 is 2. The van der Waals surface area contributed by atoms with E-state index in [1.165, 1.54) is 25.6 Å². The number of para-hydroxylation sites is 1. The highest BCUT2D eigenvalue weighted by molar-refractivity contribution is 7.12. The summed E-state index contributed by atoms with van der Waals surface area (Å²) in [5, 5.41) is 7.49. The van der Waals surface area contributed by atoms with Crippen LogP contribution in [0.25, 0.3) is 0 Å². The van der Waals surface area contributed by atoms with Gasteiger partial charge in [0.25, 0.3) is 11.8 Å². The molecule has 0 bridgehead atoms. The molecule has 3 rings (SSSR count). The van der Waals surface area contributed by atoms with Gasteiger partial charge in [0.1, 0.15) is 11.5 Å². The average molecular weight is 396 g/mol. The average Bonchev–Trinajstić information content (AvgIpc) is 3.23. The van der Waals surface area contributed by atoms with Crippen LogP contribution in [-0.4, -0.2) is 26.0 Å². The number of benzene rings is 2. The standard InChI is InChI=1S/C21H20N2O4S/c1-13-6-4-7-15(19(13)27-3)20(24)22-14-9-10-16(17(12-14)26-2)23-21(25)18-8-5-11-28-18/h4-12H,1-3H3,(H,22,24)(H,23,25). The Morgan fingerprint density at radius 3 is 2.43 bits per heavy atom. The molecule has 0 fully saturated rings. The molecule has 2 aromatic carbocycles. The van der Waals surface area contributed by atoms with Crippen LogP contribution in [0.4, 0.5) is 11.4 Å². The maximum absolute atomic E-state index is 12.7. The van der Waals surface area contributed by atoms with Crippen LogP contribution in [0.3, 0.4) is 0 Å². The minimum Gasteiger partial charge on any atom is -0.496 e. The summed E-state index contributed by atoms with van der Waals surface area (Å²) in [6.07, 6.45) is 0. The number of hydrogen-bond acceptors (Lipinski definition) is 5. The van der Waals surface area contributed by atoms with Crippen molar-refractivity contribution in [1.29, 1.82) is 0 Å². The number of aryl methyl sites for hydroxylation is 1. The highest BCUT2D eigenvalue weighted by atomic mass is 32.1. The SMILES string of the molecule is COc1cc(NC(=O)c2cccc(C)c2OC)ccc1NC(=O)c1cccs1. The van der Waals surface area contributed by atoms with Crippen LogP contribution in [0.2, 0.25) is 0 Å². The lowest BCUT2D eigenvalue weighted by Gasteiger charge is -2.14. The van der Waals surface area contributed by atoms with Crippen LogP contribution >= 0.6 is 11.3 Å². The summed E-state index contributed by atoms with van der Waals surface area (Å²) in [4.78, 5) is 25.5. The monoisotopic (exact) mass is 396 g/mol. The quantitative estimate of drug-likeness (QED) is 0.639. The molecule has 0 radical (unpaired) electrons. The number of thiophene rings is 1. The molecule has 0 atom stereocenters. The third kappa shape index (κ3) is 4.15. The Hall–Kier alpha value is -3.32. The summed E-state index contributed by atoms with van der Waals surface area (Å²) in [5.74, 6) is 0.471. The maximum Gasteiger partial charge on any atom is 0.265 e. The molecule has 6 nitrogen and oxygen atoms in total. The van der Waals surface area contributed by atoms with Gasteiger partial charge in [-0.1, -0.05) is 18.2 Å². The van der Waals surface area contributed by atoms with E-state index in [1.54, 1.807) is 36.4 Å². The molecule has 2 amide bonds. The molecule has 144 valence electrons. The lowest BCUT2D eigenvalue weighted by molar-refractivity contribution is 0.101. The number of hydrogen-bond donors (Lipinski definition) is 2. The number of ether oxygens (including phenoxy) is 2. The first-order valence-electron chi connectivity index (χ1n) is 8.51. The number of anilines is 2. The molecule has 1 aromatic heterocycles. The number of carbonyl (C=O) groups excluding carboxylic acids is 2. The van der Waals surface area contributed by atoms with Crippen molar-refractivity contribution in [3.8, 4) is 11.5 Å². The van der Waals surface area contributed by atoms with Crippen molar-refractivity contribution in [3.63, 3.8) is 0 Å². The van der Waals surface area contributed by atoms with Crippen LogP contribution < -0.4 is 20.1 Å². The van der Waals surface area contributed by atoms with E-state index < -0.39 is 0 Å². The van der Waals surface area contributed by atoms with Crippen LogP contribution in [0, 0.1) is 6.92 Å². The highest BCUT2D eigenvalue weighted by Crippen LogP contribution is 2.30. The van der Waals surface area contributed by atoms with Gasteiger partial charge in [-0.2, -0.15) is 0 Å². The summed E-state index contributed by atoms with van der Waals surface area (Å²) in [6, 6.07) is 14.0. The van der Waals surface area contributed by atoms with Gasteiger partial charge in [0.2, 0.25) is 0 Å². The number of carbonyl (C=O) groups is 2. The molecule has 0 unspecified atom stereocenters. The van der Waals surface area contributed by atoms with Gasteiger partial charge in [-0.25, -0.2) is 0 Å². The van der Waals surface area contributed by atoms with Gasteiger partial charge in [-0.15, -0.1) is 11.3 Å². The van der Waals surface area contributed by atoms with Crippen molar-refractivity contribution >= 4 is 34.5 Å². The minimum atomic E-state index is -0.294. The van der Waals surface area contributed by atoms with Crippen LogP contribution in [0.1, 0.15) is 25.6 Å². The van der Waals surface area contributed by atoms with E-state index in [4.69, 9.17) is 9.47 Å². The van der Waals surface area contributed by atoms with Crippen LogP contribution in [-0.2, 0) is 0 Å². The summed E-state index contributed by atoms with van der Waals surface area (Å²) < 4.78 is 10.7. The lowest BCUT2D eigenvalue weighted by Crippen LogP contribution is -2.14. The predicted octanol–water partition coefficient (Wildman–Crippen LogP) is 4.58. The van der Waals surface area contributed by atoms with Gasteiger partial charge in [0.15, 0.2) is 0 Å². The second-order valence-corrected chi connectivity index (χ2v) is 6.90. The third-order valence-electron chi connectivity index (χ3n) is 4.11. The Kier molecular flexibility index (Phi) is 5.96. The normalized spacial score (nSPS) is 10.2. The maximum atomic E-state index is 12.7. The fourth-order valence-electron chi connectivity index (χ4n) is 2.76. The fraction of sp³-hybridized carbons (Fsp3) is 0.143. The highest BCUT2D eigenvalue weighted by Gasteiger charge is 2.16. The zero-order valence-corrected chi connectivity index (χ0v) is 16.6. The molecule has 0 aliphatic heterocycles. The summed E-state index contributed by atoms with van der Waals surface area (Å²) in [7, 11) is 3.04. The van der Waals surface area contributed by atoms with Crippen molar-refractivity contribution in [2.75, 3.05) is 24.9 Å². The molecule has 7 heteroatoms. The van der Waals surface area contributed by atoms with Crippen molar-refractivity contribution in [3.05, 3.63) is 69.9 Å². The third-order valence-corrected chi connectivity index (χ3v) is 4.98. The van der Waals surface area contributed by atoms with Crippen LogP contribution in [0.5, 0.6) is 11.5 Å². The number of nitrogens with one attached hydrogen (secondary N) is 2. The first-order chi connectivity index (χ1) is 13.5. The molecule has 3 aromatic rings. The molecule has 0 aliphatic carbocycles. The lowest BCUT2D eigenvalue weighted by atomic mass is 10.1. The van der Waals surface area contributed by atoms with E-state index in [-0.39, 0.29) is 11.8 Å². The minimum absolute atomic E-state index is 0.213. The topological polar surface area (TPSA) is 76.7 Å². The molecular weight excluding hydrogens is 376 g/mol. The Bertz CT molecular complexity index is 1000. The second-order valence-electron chi connectivity index (χ2n) is 5.96. The van der Waals surface area contributed by atoms with E-state index in [1.807, 2.05) is 24.4 Å². The van der Waals surface area contributed by atoms with Crippen molar-refractivity contribution in [2.45, 2.75) is 6.92 Å². The van der Waals surface area contributed by atoms with Gasteiger partial charge in [-0.05, 0) is 42.1 Å². The molecule has 0 saturated heterocycles. The molecule has 2 N–H and O–H groups in total. The van der Waals surface area contributed by atoms with Crippen LogP contribution in [0.15, 0.2) is 53.9 Å². The fourth-order valence-corrected chi connectivity index (χ4v) is 3.38. The van der Waals surface area contributed by atoms with Crippen molar-refractivity contribution in [1.82, 2.24) is 0 Å². The molecule has 0 saturated carbocycles. The van der Waals surface area contributed by atoms with Gasteiger partial charge in [0, 0.05) is 11.8 Å². The summed E-state index contributed by atoms with van der Waals surface area (Å²) in [5.41, 5.74) is 2.38. The molecule has 1 heterocycles. The van der Waals surface area contributed by atoms with Gasteiger partial charge >= 0.3 is 0 Å². The molecule has 0 spiro atoms. The molecular formula is C21H20N2O4S. The van der Waals surface area contributed by atoms with Crippen molar-refractivity contribution < 1.29 is 19.1 Å². The Labute approximate surface area is 167 Å². The van der Waals surface area contributed by atoms with E-state index in [0.717, 1.165) is 5.56 Å².